The molecule has 3 rings (SSSR count). The maximum atomic E-state index is 12.3. The smallest absolute Gasteiger partial charge is 0.243 e. The lowest BCUT2D eigenvalue weighted by Gasteiger charge is -2.24. The largest absolute Gasteiger partial charge is 0.396 e. The van der Waals surface area contributed by atoms with E-state index in [4.69, 9.17) is 0 Å². The van der Waals surface area contributed by atoms with Gasteiger partial charge in [-0.15, -0.1) is 10.2 Å². The van der Waals surface area contributed by atoms with Crippen molar-refractivity contribution in [1.82, 2.24) is 25.5 Å². The van der Waals surface area contributed by atoms with E-state index in [0.29, 0.717) is 5.82 Å². The molecule has 1 aromatic carbocycles. The molecule has 2 unspecified atom stereocenters. The van der Waals surface area contributed by atoms with E-state index in [0.717, 1.165) is 43.2 Å². The van der Waals surface area contributed by atoms with Gasteiger partial charge in [-0.3, -0.25) is 4.79 Å². The first-order valence-electron chi connectivity index (χ1n) is 8.91. The highest BCUT2D eigenvalue weighted by molar-refractivity contribution is 5.75. The number of tetrazole rings is 1. The van der Waals surface area contributed by atoms with Crippen molar-refractivity contribution in [2.24, 2.45) is 5.92 Å². The van der Waals surface area contributed by atoms with Crippen LogP contribution in [0.15, 0.2) is 24.3 Å². The second-order valence-corrected chi connectivity index (χ2v) is 6.76. The molecule has 0 aliphatic heterocycles. The molecule has 0 spiro atoms. The average Bonchev–Trinajstić information content (AvgIpc) is 2.94. The molecule has 1 aliphatic carbocycles. The third-order valence-corrected chi connectivity index (χ3v) is 4.79. The Morgan fingerprint density at radius 3 is 2.76 bits per heavy atom. The third-order valence-electron chi connectivity index (χ3n) is 4.79. The Morgan fingerprint density at radius 1 is 1.24 bits per heavy atom. The number of carbonyl (C=O) groups is 1. The summed E-state index contributed by atoms with van der Waals surface area (Å²) in [4.78, 5) is 13.6. The van der Waals surface area contributed by atoms with E-state index in [1.54, 1.807) is 0 Å². The van der Waals surface area contributed by atoms with Crippen molar-refractivity contribution >= 4 is 5.91 Å². The zero-order valence-electron chi connectivity index (χ0n) is 14.6. The zero-order valence-corrected chi connectivity index (χ0v) is 14.6. The molecule has 7 heteroatoms. The SMILES string of the molecule is Cc1ccc(-c2nnn(CC(=O)NC3CCCCCC3CO)n2)cc1. The third kappa shape index (κ3) is 4.63. The van der Waals surface area contributed by atoms with Crippen molar-refractivity contribution in [3.8, 4) is 11.4 Å². The molecule has 1 aromatic heterocycles. The maximum absolute atomic E-state index is 12.3. The van der Waals surface area contributed by atoms with Gasteiger partial charge in [-0.25, -0.2) is 0 Å². The number of nitrogens with one attached hydrogen (secondary N) is 1. The second kappa shape index (κ2) is 8.20. The van der Waals surface area contributed by atoms with Gasteiger partial charge in [-0.2, -0.15) is 4.80 Å². The van der Waals surface area contributed by atoms with Crippen molar-refractivity contribution in [2.45, 2.75) is 51.6 Å². The van der Waals surface area contributed by atoms with Gasteiger partial charge in [0.2, 0.25) is 11.7 Å². The first kappa shape index (κ1) is 17.5. The molecule has 2 N–H and O–H groups in total. The van der Waals surface area contributed by atoms with Crippen molar-refractivity contribution in [3.05, 3.63) is 29.8 Å². The van der Waals surface area contributed by atoms with Crippen LogP contribution < -0.4 is 5.32 Å². The number of hydrogen-bond acceptors (Lipinski definition) is 5. The predicted molar refractivity (Wildman–Crippen MR) is 93.6 cm³/mol. The fourth-order valence-electron chi connectivity index (χ4n) is 3.30. The lowest BCUT2D eigenvalue weighted by molar-refractivity contribution is -0.123. The molecular formula is C18H25N5O2. The molecule has 7 nitrogen and oxygen atoms in total. The number of rotatable bonds is 5. The van der Waals surface area contributed by atoms with Gasteiger partial charge in [-0.1, -0.05) is 49.1 Å². The number of hydrogen-bond donors (Lipinski definition) is 2. The topological polar surface area (TPSA) is 92.9 Å². The van der Waals surface area contributed by atoms with E-state index in [-0.39, 0.29) is 31.0 Å². The molecule has 2 aromatic rings. The number of aromatic nitrogens is 4. The Labute approximate surface area is 147 Å². The number of aliphatic hydroxyl groups excluding tert-OH is 1. The molecule has 1 fully saturated rings. The monoisotopic (exact) mass is 343 g/mol. The van der Waals surface area contributed by atoms with Gasteiger partial charge in [0.15, 0.2) is 0 Å². The highest BCUT2D eigenvalue weighted by Gasteiger charge is 2.24. The molecule has 0 radical (unpaired) electrons. The summed E-state index contributed by atoms with van der Waals surface area (Å²) in [5, 5.41) is 24.9. The lowest BCUT2D eigenvalue weighted by Crippen LogP contribution is -2.42. The van der Waals surface area contributed by atoms with E-state index >= 15 is 0 Å². The summed E-state index contributed by atoms with van der Waals surface area (Å²) >= 11 is 0. The molecule has 1 aliphatic rings. The number of aryl methyl sites for hydroxylation is 1. The van der Waals surface area contributed by atoms with Gasteiger partial charge in [0.05, 0.1) is 0 Å². The van der Waals surface area contributed by atoms with Crippen molar-refractivity contribution < 1.29 is 9.90 Å². The minimum absolute atomic E-state index is 0.0279. The van der Waals surface area contributed by atoms with Crippen molar-refractivity contribution in [2.75, 3.05) is 6.61 Å². The van der Waals surface area contributed by atoms with Crippen LogP contribution in [-0.2, 0) is 11.3 Å². The Bertz CT molecular complexity index is 698. The number of nitrogens with zero attached hydrogens (tertiary/aromatic N) is 4. The van der Waals surface area contributed by atoms with Crippen LogP contribution in [0.3, 0.4) is 0 Å². The van der Waals surface area contributed by atoms with Gasteiger partial charge >= 0.3 is 0 Å². The van der Waals surface area contributed by atoms with Crippen molar-refractivity contribution in [3.63, 3.8) is 0 Å². The summed E-state index contributed by atoms with van der Waals surface area (Å²) in [6.07, 6.45) is 5.23. The van der Waals surface area contributed by atoms with E-state index in [2.05, 4.69) is 20.7 Å². The second-order valence-electron chi connectivity index (χ2n) is 6.76. The number of aliphatic hydroxyl groups is 1. The van der Waals surface area contributed by atoms with Crippen LogP contribution >= 0.6 is 0 Å². The van der Waals surface area contributed by atoms with E-state index in [9.17, 15) is 9.90 Å². The molecule has 1 saturated carbocycles. The molecular weight excluding hydrogens is 318 g/mol. The molecule has 25 heavy (non-hydrogen) atoms. The molecule has 134 valence electrons. The predicted octanol–water partition coefficient (Wildman–Crippen LogP) is 1.71. The molecule has 0 bridgehead atoms. The summed E-state index contributed by atoms with van der Waals surface area (Å²) in [7, 11) is 0. The summed E-state index contributed by atoms with van der Waals surface area (Å²) in [6, 6.07) is 7.88. The number of benzene rings is 1. The lowest BCUT2D eigenvalue weighted by atomic mass is 9.95. The van der Waals surface area contributed by atoms with Crippen LogP contribution in [0, 0.1) is 12.8 Å². The van der Waals surface area contributed by atoms with Gasteiger partial charge in [0, 0.05) is 24.1 Å². The Balaban J connectivity index is 1.60. The molecule has 1 amide bonds. The van der Waals surface area contributed by atoms with Gasteiger partial charge in [-0.05, 0) is 25.0 Å². The molecule has 0 saturated heterocycles. The van der Waals surface area contributed by atoms with E-state index in [1.165, 1.54) is 4.80 Å². The fraction of sp³-hybridized carbons (Fsp3) is 0.556. The molecule has 1 heterocycles. The summed E-state index contributed by atoms with van der Waals surface area (Å²) in [5.41, 5.74) is 2.04. The van der Waals surface area contributed by atoms with Crippen LogP contribution in [-0.4, -0.2) is 43.9 Å². The first-order chi connectivity index (χ1) is 12.2. The Morgan fingerprint density at radius 2 is 2.00 bits per heavy atom. The standard InChI is InChI=1S/C18H25N5O2/c1-13-7-9-14(10-8-13)18-20-22-23(21-18)11-17(25)19-16-6-4-2-3-5-15(16)12-24/h7-10,15-16,24H,2-6,11-12H2,1H3,(H,19,25). The number of carbonyl (C=O) groups excluding carboxylic acids is 1. The average molecular weight is 343 g/mol. The first-order valence-corrected chi connectivity index (χ1v) is 8.91. The Hall–Kier alpha value is -2.28. The van der Waals surface area contributed by atoms with E-state index in [1.807, 2.05) is 31.2 Å². The Kier molecular flexibility index (Phi) is 5.75. The van der Waals surface area contributed by atoms with Crippen LogP contribution in [0.25, 0.3) is 11.4 Å². The molecule has 2 atom stereocenters. The normalized spacial score (nSPS) is 20.9. The summed E-state index contributed by atoms with van der Waals surface area (Å²) in [6.45, 7) is 2.17. The highest BCUT2D eigenvalue weighted by Crippen LogP contribution is 2.23. The summed E-state index contributed by atoms with van der Waals surface area (Å²) < 4.78 is 0. The zero-order chi connectivity index (χ0) is 17.6. The minimum atomic E-state index is -0.141. The van der Waals surface area contributed by atoms with Crippen LogP contribution in [0.2, 0.25) is 0 Å². The van der Waals surface area contributed by atoms with Crippen molar-refractivity contribution in [1.29, 1.82) is 0 Å². The highest BCUT2D eigenvalue weighted by atomic mass is 16.3. The van der Waals surface area contributed by atoms with Crippen LogP contribution in [0.4, 0.5) is 0 Å². The number of amides is 1. The quantitative estimate of drug-likeness (QED) is 0.806. The van der Waals surface area contributed by atoms with Gasteiger partial charge < -0.3 is 10.4 Å². The van der Waals surface area contributed by atoms with Gasteiger partial charge in [0.25, 0.3) is 0 Å². The maximum Gasteiger partial charge on any atom is 0.243 e. The fourth-order valence-corrected chi connectivity index (χ4v) is 3.30. The summed E-state index contributed by atoms with van der Waals surface area (Å²) in [5.74, 6) is 0.506. The van der Waals surface area contributed by atoms with Gasteiger partial charge in [0.1, 0.15) is 6.54 Å². The van der Waals surface area contributed by atoms with Crippen LogP contribution in [0.1, 0.15) is 37.7 Å². The minimum Gasteiger partial charge on any atom is -0.396 e. The van der Waals surface area contributed by atoms with E-state index < -0.39 is 0 Å². The van der Waals surface area contributed by atoms with Crippen LogP contribution in [0.5, 0.6) is 0 Å².